The maximum absolute atomic E-state index is 12.8. The number of aromatic carboxylic acids is 1. The molecule has 0 saturated heterocycles. The van der Waals surface area contributed by atoms with Crippen LogP contribution in [0, 0.1) is 11.6 Å². The molecule has 2 nitrogen and oxygen atoms in total. The van der Waals surface area contributed by atoms with Crippen LogP contribution in [0.3, 0.4) is 0 Å². The Balaban J connectivity index is 0.000000200. The van der Waals surface area contributed by atoms with Crippen molar-refractivity contribution < 1.29 is 18.7 Å². The molecule has 0 saturated carbocycles. The van der Waals surface area contributed by atoms with Crippen LogP contribution in [0.5, 0.6) is 0 Å². The molecule has 100 valence electrons. The van der Waals surface area contributed by atoms with Crippen LogP contribution in [0.4, 0.5) is 8.78 Å². The smallest absolute Gasteiger partial charge is 0.338 e. The number of benzene rings is 2. The van der Waals surface area contributed by atoms with E-state index >= 15 is 0 Å². The zero-order chi connectivity index (χ0) is 14.4. The van der Waals surface area contributed by atoms with E-state index in [1.165, 1.54) is 24.3 Å². The molecule has 0 aliphatic heterocycles. The standard InChI is InChI=1S/C7H4BrFO2.C6H4BrF/c8-5-3-1-2-4(6(5)9)7(10)11;7-5-3-1-2-4-6(5)8/h1-3H,(H,10,11);1-4H. The van der Waals surface area contributed by atoms with Gasteiger partial charge in [0.2, 0.25) is 0 Å². The number of hydrogen-bond acceptors (Lipinski definition) is 1. The zero-order valence-corrected chi connectivity index (χ0v) is 12.6. The lowest BCUT2D eigenvalue weighted by atomic mass is 10.2. The molecule has 0 bridgehead atoms. The highest BCUT2D eigenvalue weighted by atomic mass is 79.9. The summed E-state index contributed by atoms with van der Waals surface area (Å²) in [7, 11) is 0. The number of carboxylic acids is 1. The first-order valence-corrected chi connectivity index (χ1v) is 6.59. The Morgan fingerprint density at radius 2 is 1.53 bits per heavy atom. The van der Waals surface area contributed by atoms with Crippen LogP contribution < -0.4 is 0 Å². The van der Waals surface area contributed by atoms with E-state index in [-0.39, 0.29) is 15.9 Å². The monoisotopic (exact) mass is 392 g/mol. The van der Waals surface area contributed by atoms with Crippen molar-refractivity contribution in [3.05, 3.63) is 68.6 Å². The maximum atomic E-state index is 12.8. The molecular formula is C13H8Br2F2O2. The Morgan fingerprint density at radius 3 is 1.95 bits per heavy atom. The van der Waals surface area contributed by atoms with Crippen LogP contribution >= 0.6 is 31.9 Å². The summed E-state index contributed by atoms with van der Waals surface area (Å²) in [4.78, 5) is 10.3. The van der Waals surface area contributed by atoms with Gasteiger partial charge in [-0.3, -0.25) is 0 Å². The van der Waals surface area contributed by atoms with Crippen LogP contribution in [0.25, 0.3) is 0 Å². The first-order valence-electron chi connectivity index (χ1n) is 5.01. The highest BCUT2D eigenvalue weighted by Gasteiger charge is 2.11. The summed E-state index contributed by atoms with van der Waals surface area (Å²) in [5, 5.41) is 8.43. The summed E-state index contributed by atoms with van der Waals surface area (Å²) in [5.41, 5.74) is -0.320. The highest BCUT2D eigenvalue weighted by Crippen LogP contribution is 2.18. The summed E-state index contributed by atoms with van der Waals surface area (Å²) in [6, 6.07) is 10.6. The zero-order valence-electron chi connectivity index (χ0n) is 9.41. The molecule has 0 unspecified atom stereocenters. The van der Waals surface area contributed by atoms with E-state index in [2.05, 4.69) is 31.9 Å². The molecule has 2 aromatic carbocycles. The molecule has 0 spiro atoms. The third kappa shape index (κ3) is 4.72. The molecule has 0 aliphatic rings. The van der Waals surface area contributed by atoms with Gasteiger partial charge in [0.05, 0.1) is 14.5 Å². The topological polar surface area (TPSA) is 37.3 Å². The van der Waals surface area contributed by atoms with E-state index in [0.29, 0.717) is 4.47 Å². The lowest BCUT2D eigenvalue weighted by Crippen LogP contribution is -2.00. The molecule has 1 N–H and O–H groups in total. The van der Waals surface area contributed by atoms with E-state index in [1.54, 1.807) is 18.2 Å². The molecule has 6 heteroatoms. The number of hydrogen-bond donors (Lipinski definition) is 1. The molecular weight excluding hydrogens is 386 g/mol. The van der Waals surface area contributed by atoms with Gasteiger partial charge in [-0.05, 0) is 56.1 Å². The van der Waals surface area contributed by atoms with Gasteiger partial charge in [0.25, 0.3) is 0 Å². The summed E-state index contributed by atoms with van der Waals surface area (Å²) >= 11 is 5.90. The van der Waals surface area contributed by atoms with Crippen molar-refractivity contribution in [2.75, 3.05) is 0 Å². The van der Waals surface area contributed by atoms with Crippen LogP contribution in [0.2, 0.25) is 0 Å². The van der Waals surface area contributed by atoms with Crippen LogP contribution in [-0.2, 0) is 0 Å². The van der Waals surface area contributed by atoms with Gasteiger partial charge in [-0.1, -0.05) is 18.2 Å². The fraction of sp³-hybridized carbons (Fsp3) is 0. The van der Waals surface area contributed by atoms with E-state index in [9.17, 15) is 13.6 Å². The third-order valence-electron chi connectivity index (χ3n) is 2.01. The Kier molecular flexibility index (Phi) is 6.11. The first-order chi connectivity index (χ1) is 8.93. The van der Waals surface area contributed by atoms with Crippen LogP contribution in [-0.4, -0.2) is 11.1 Å². The SMILES string of the molecule is Fc1ccccc1Br.O=C(O)c1cccc(Br)c1F. The minimum Gasteiger partial charge on any atom is -0.478 e. The van der Waals surface area contributed by atoms with Crippen molar-refractivity contribution in [1.82, 2.24) is 0 Å². The molecule has 0 atom stereocenters. The largest absolute Gasteiger partial charge is 0.478 e. The molecule has 2 rings (SSSR count). The Hall–Kier alpha value is -1.27. The normalized spacial score (nSPS) is 9.47. The maximum Gasteiger partial charge on any atom is 0.338 e. The summed E-state index contributed by atoms with van der Waals surface area (Å²) in [6.07, 6.45) is 0. The molecule has 0 amide bonds. The molecule has 0 heterocycles. The van der Waals surface area contributed by atoms with Crippen LogP contribution in [0.1, 0.15) is 10.4 Å². The Bertz CT molecular complexity index is 568. The summed E-state index contributed by atoms with van der Waals surface area (Å²) < 4.78 is 25.8. The van der Waals surface area contributed by atoms with Gasteiger partial charge in [-0.15, -0.1) is 0 Å². The van der Waals surface area contributed by atoms with Crippen molar-refractivity contribution in [3.63, 3.8) is 0 Å². The average Bonchev–Trinajstić information content (AvgIpc) is 2.37. The van der Waals surface area contributed by atoms with Gasteiger partial charge >= 0.3 is 5.97 Å². The lowest BCUT2D eigenvalue weighted by Gasteiger charge is -1.97. The van der Waals surface area contributed by atoms with E-state index in [1.807, 2.05) is 0 Å². The van der Waals surface area contributed by atoms with Crippen molar-refractivity contribution >= 4 is 37.8 Å². The molecule has 0 radical (unpaired) electrons. The van der Waals surface area contributed by atoms with Gasteiger partial charge in [0.15, 0.2) is 5.82 Å². The molecule has 0 fully saturated rings. The average molecular weight is 394 g/mol. The third-order valence-corrected chi connectivity index (χ3v) is 3.26. The summed E-state index contributed by atoms with van der Waals surface area (Å²) in [6.45, 7) is 0. The van der Waals surface area contributed by atoms with Crippen molar-refractivity contribution in [1.29, 1.82) is 0 Å². The number of carboxylic acid groups (broad SMARTS) is 1. The minimum absolute atomic E-state index is 0.164. The predicted octanol–water partition coefficient (Wildman–Crippen LogP) is 4.87. The predicted molar refractivity (Wildman–Crippen MR) is 75.2 cm³/mol. The first kappa shape index (κ1) is 15.8. The van der Waals surface area contributed by atoms with Gasteiger partial charge in [0, 0.05) is 0 Å². The van der Waals surface area contributed by atoms with Crippen molar-refractivity contribution in [3.8, 4) is 0 Å². The highest BCUT2D eigenvalue weighted by molar-refractivity contribution is 9.10. The van der Waals surface area contributed by atoms with E-state index in [0.717, 1.165) is 0 Å². The van der Waals surface area contributed by atoms with Crippen molar-refractivity contribution in [2.45, 2.75) is 0 Å². The van der Waals surface area contributed by atoms with Gasteiger partial charge < -0.3 is 5.11 Å². The molecule has 0 aliphatic carbocycles. The number of rotatable bonds is 1. The van der Waals surface area contributed by atoms with E-state index in [4.69, 9.17) is 5.11 Å². The molecule has 0 aromatic heterocycles. The lowest BCUT2D eigenvalue weighted by molar-refractivity contribution is 0.0691. The second-order valence-electron chi connectivity index (χ2n) is 3.32. The van der Waals surface area contributed by atoms with Gasteiger partial charge in [-0.2, -0.15) is 0 Å². The fourth-order valence-electron chi connectivity index (χ4n) is 1.11. The summed E-state index contributed by atoms with van der Waals surface area (Å²) in [5.74, 6) is -2.21. The van der Waals surface area contributed by atoms with E-state index < -0.39 is 11.8 Å². The molecule has 2 aromatic rings. The minimum atomic E-state index is -1.26. The molecule has 19 heavy (non-hydrogen) atoms. The number of halogens is 4. The van der Waals surface area contributed by atoms with Gasteiger partial charge in [-0.25, -0.2) is 13.6 Å². The second-order valence-corrected chi connectivity index (χ2v) is 5.03. The second kappa shape index (κ2) is 7.35. The number of carbonyl (C=O) groups is 1. The van der Waals surface area contributed by atoms with Gasteiger partial charge in [0.1, 0.15) is 5.82 Å². The Morgan fingerprint density at radius 1 is 0.947 bits per heavy atom. The van der Waals surface area contributed by atoms with Crippen LogP contribution in [0.15, 0.2) is 51.4 Å². The quantitative estimate of drug-likeness (QED) is 0.750. The van der Waals surface area contributed by atoms with Crippen molar-refractivity contribution in [2.24, 2.45) is 0 Å². The Labute approximate surface area is 125 Å². The fourth-order valence-corrected chi connectivity index (χ4v) is 1.76.